The second-order valence-electron chi connectivity index (χ2n) is 4.43. The summed E-state index contributed by atoms with van der Waals surface area (Å²) < 4.78 is 16.4. The number of rotatable bonds is 7. The molecule has 0 saturated heterocycles. The van der Waals surface area contributed by atoms with Crippen LogP contribution >= 0.6 is 0 Å². The first-order valence-corrected chi connectivity index (χ1v) is 6.71. The molecule has 0 aliphatic rings. The predicted molar refractivity (Wildman–Crippen MR) is 80.9 cm³/mol. The van der Waals surface area contributed by atoms with E-state index in [1.807, 2.05) is 43.4 Å². The Morgan fingerprint density at radius 2 is 1.57 bits per heavy atom. The highest BCUT2D eigenvalue weighted by Crippen LogP contribution is 2.37. The molecule has 2 aromatic rings. The lowest BCUT2D eigenvalue weighted by molar-refractivity contribution is 0.262. The van der Waals surface area contributed by atoms with E-state index >= 15 is 0 Å². The minimum Gasteiger partial charge on any atom is -0.493 e. The fraction of sp³-hybridized carbons (Fsp3) is 0.312. The van der Waals surface area contributed by atoms with Gasteiger partial charge in [-0.05, 0) is 31.3 Å². The van der Waals surface area contributed by atoms with Gasteiger partial charge in [-0.1, -0.05) is 12.1 Å². The third kappa shape index (κ3) is 3.86. The Labute approximate surface area is 124 Å². The largest absolute Gasteiger partial charge is 0.493 e. The van der Waals surface area contributed by atoms with Crippen LogP contribution in [0.25, 0.3) is 0 Å². The van der Waals surface area contributed by atoms with Crippen molar-refractivity contribution in [3.05, 3.63) is 47.8 Å². The average Bonchev–Trinajstić information content (AvgIpc) is 2.53. The van der Waals surface area contributed by atoms with Gasteiger partial charge in [0.05, 0.1) is 25.6 Å². The van der Waals surface area contributed by atoms with E-state index in [0.29, 0.717) is 23.9 Å². The fourth-order valence-corrected chi connectivity index (χ4v) is 1.99. The molecule has 1 aromatic heterocycles. The van der Waals surface area contributed by atoms with Crippen molar-refractivity contribution in [1.29, 1.82) is 0 Å². The molecule has 5 nitrogen and oxygen atoms in total. The summed E-state index contributed by atoms with van der Waals surface area (Å²) in [6.45, 7) is 1.08. The van der Waals surface area contributed by atoms with Crippen molar-refractivity contribution in [3.8, 4) is 17.2 Å². The van der Waals surface area contributed by atoms with E-state index in [-0.39, 0.29) is 0 Å². The highest BCUT2D eigenvalue weighted by Gasteiger charge is 2.11. The first-order chi connectivity index (χ1) is 10.3. The Kier molecular flexibility index (Phi) is 5.40. The van der Waals surface area contributed by atoms with Crippen molar-refractivity contribution in [2.75, 3.05) is 21.3 Å². The summed E-state index contributed by atoms with van der Waals surface area (Å²) in [6.07, 6.45) is 0. The normalized spacial score (nSPS) is 10.2. The van der Waals surface area contributed by atoms with Crippen molar-refractivity contribution in [2.24, 2.45) is 0 Å². The van der Waals surface area contributed by atoms with E-state index in [1.165, 1.54) is 0 Å². The lowest BCUT2D eigenvalue weighted by Gasteiger charge is -2.14. The molecule has 112 valence electrons. The van der Waals surface area contributed by atoms with Crippen molar-refractivity contribution < 1.29 is 14.2 Å². The Morgan fingerprint density at radius 3 is 2.19 bits per heavy atom. The second-order valence-corrected chi connectivity index (χ2v) is 4.43. The van der Waals surface area contributed by atoms with E-state index in [0.717, 1.165) is 17.9 Å². The van der Waals surface area contributed by atoms with Crippen LogP contribution in [0.15, 0.2) is 36.4 Å². The molecule has 0 radical (unpaired) electrons. The highest BCUT2D eigenvalue weighted by molar-refractivity contribution is 5.51. The number of aromatic nitrogens is 1. The summed E-state index contributed by atoms with van der Waals surface area (Å²) in [4.78, 5) is 4.52. The molecule has 2 rings (SSSR count). The number of hydrogen-bond donors (Lipinski definition) is 1. The smallest absolute Gasteiger partial charge is 0.203 e. The first kappa shape index (κ1) is 15.1. The van der Waals surface area contributed by atoms with Crippen LogP contribution in [0.4, 0.5) is 0 Å². The molecule has 1 aromatic carbocycles. The number of hydrogen-bond acceptors (Lipinski definition) is 5. The Bertz CT molecular complexity index is 565. The molecule has 0 unspecified atom stereocenters. The maximum Gasteiger partial charge on any atom is 0.203 e. The summed E-state index contributed by atoms with van der Waals surface area (Å²) in [6, 6.07) is 11.4. The third-order valence-electron chi connectivity index (χ3n) is 2.97. The maximum absolute atomic E-state index is 5.84. The quantitative estimate of drug-likeness (QED) is 0.848. The zero-order valence-corrected chi connectivity index (χ0v) is 12.6. The van der Waals surface area contributed by atoms with Crippen LogP contribution in [0.3, 0.4) is 0 Å². The lowest BCUT2D eigenvalue weighted by Crippen LogP contribution is -2.09. The summed E-state index contributed by atoms with van der Waals surface area (Å²) in [7, 11) is 5.10. The van der Waals surface area contributed by atoms with Crippen molar-refractivity contribution in [2.45, 2.75) is 13.2 Å². The van der Waals surface area contributed by atoms with Crippen LogP contribution in [0.2, 0.25) is 0 Å². The number of para-hydroxylation sites is 1. The highest BCUT2D eigenvalue weighted by atomic mass is 16.5. The number of benzene rings is 1. The fourth-order valence-electron chi connectivity index (χ4n) is 1.99. The van der Waals surface area contributed by atoms with Gasteiger partial charge in [0.15, 0.2) is 11.5 Å². The number of pyridine rings is 1. The number of nitrogens with one attached hydrogen (secondary N) is 1. The first-order valence-electron chi connectivity index (χ1n) is 6.71. The van der Waals surface area contributed by atoms with Crippen molar-refractivity contribution >= 4 is 0 Å². The molecule has 0 aliphatic carbocycles. The molecule has 5 heteroatoms. The van der Waals surface area contributed by atoms with Crippen LogP contribution in [0.5, 0.6) is 17.2 Å². The van der Waals surface area contributed by atoms with Gasteiger partial charge in [0.1, 0.15) is 6.61 Å². The lowest BCUT2D eigenvalue weighted by atomic mass is 10.3. The Hall–Kier alpha value is -2.27. The van der Waals surface area contributed by atoms with Gasteiger partial charge in [-0.2, -0.15) is 0 Å². The van der Waals surface area contributed by atoms with Gasteiger partial charge < -0.3 is 19.5 Å². The van der Waals surface area contributed by atoms with Crippen LogP contribution in [-0.2, 0) is 13.2 Å². The van der Waals surface area contributed by atoms with E-state index in [4.69, 9.17) is 14.2 Å². The summed E-state index contributed by atoms with van der Waals surface area (Å²) >= 11 is 0. The monoisotopic (exact) mass is 288 g/mol. The molecule has 21 heavy (non-hydrogen) atoms. The molecule has 0 amide bonds. The van der Waals surface area contributed by atoms with Gasteiger partial charge in [-0.25, -0.2) is 0 Å². The molecule has 0 spiro atoms. The third-order valence-corrected chi connectivity index (χ3v) is 2.97. The van der Waals surface area contributed by atoms with E-state index in [1.54, 1.807) is 14.2 Å². The topological polar surface area (TPSA) is 52.6 Å². The number of ether oxygens (including phenoxy) is 3. The van der Waals surface area contributed by atoms with Gasteiger partial charge >= 0.3 is 0 Å². The second kappa shape index (κ2) is 7.50. The van der Waals surface area contributed by atoms with Crippen molar-refractivity contribution in [1.82, 2.24) is 10.3 Å². The average molecular weight is 288 g/mol. The molecule has 1 N–H and O–H groups in total. The molecule has 0 atom stereocenters. The van der Waals surface area contributed by atoms with Crippen LogP contribution in [-0.4, -0.2) is 26.3 Å². The summed E-state index contributed by atoms with van der Waals surface area (Å²) in [5, 5.41) is 3.08. The van der Waals surface area contributed by atoms with Crippen molar-refractivity contribution in [3.63, 3.8) is 0 Å². The van der Waals surface area contributed by atoms with Crippen LogP contribution in [0.1, 0.15) is 11.4 Å². The van der Waals surface area contributed by atoms with E-state index in [9.17, 15) is 0 Å². The molecule has 0 aliphatic heterocycles. The molecule has 1 heterocycles. The molecular formula is C16H20N2O3. The molecular weight excluding hydrogens is 268 g/mol. The van der Waals surface area contributed by atoms with Gasteiger partial charge in [-0.3, -0.25) is 4.98 Å². The Balaban J connectivity index is 2.14. The van der Waals surface area contributed by atoms with Crippen LogP contribution < -0.4 is 19.5 Å². The summed E-state index contributed by atoms with van der Waals surface area (Å²) in [5.41, 5.74) is 1.83. The predicted octanol–water partition coefficient (Wildman–Crippen LogP) is 2.40. The number of methoxy groups -OCH3 is 2. The van der Waals surface area contributed by atoms with E-state index < -0.39 is 0 Å². The minimum atomic E-state index is 0.355. The van der Waals surface area contributed by atoms with Gasteiger partial charge in [0.2, 0.25) is 5.75 Å². The molecule has 0 bridgehead atoms. The molecule has 0 saturated carbocycles. The summed E-state index contributed by atoms with van der Waals surface area (Å²) in [5.74, 6) is 1.87. The standard InChI is InChI=1S/C16H20N2O3/c1-17-10-12-6-4-7-13(18-12)11-21-16-14(19-2)8-5-9-15(16)20-3/h4-9,17H,10-11H2,1-3H3. The van der Waals surface area contributed by atoms with Gasteiger partial charge in [-0.15, -0.1) is 0 Å². The van der Waals surface area contributed by atoms with E-state index in [2.05, 4.69) is 10.3 Å². The van der Waals surface area contributed by atoms with Gasteiger partial charge in [0, 0.05) is 6.54 Å². The van der Waals surface area contributed by atoms with Crippen LogP contribution in [0, 0.1) is 0 Å². The zero-order chi connectivity index (χ0) is 15.1. The number of nitrogens with zero attached hydrogens (tertiary/aromatic N) is 1. The maximum atomic E-state index is 5.84. The zero-order valence-electron chi connectivity index (χ0n) is 12.6. The minimum absolute atomic E-state index is 0.355. The molecule has 0 fully saturated rings. The SMILES string of the molecule is CNCc1cccc(COc2c(OC)cccc2OC)n1. The van der Waals surface area contributed by atoms with Gasteiger partial charge in [0.25, 0.3) is 0 Å². The Morgan fingerprint density at radius 1 is 0.952 bits per heavy atom.